The molecule has 2 rings (SSSR count). The van der Waals surface area contributed by atoms with Gasteiger partial charge in [0.05, 0.1) is 0 Å². The number of hydrogen-bond donors (Lipinski definition) is 1. The molecule has 0 bridgehead atoms. The molecule has 2 N–H and O–H groups in total. The summed E-state index contributed by atoms with van der Waals surface area (Å²) in [6.45, 7) is 7.94. The Morgan fingerprint density at radius 1 is 1.12 bits per heavy atom. The Balaban J connectivity index is 1.81. The summed E-state index contributed by atoms with van der Waals surface area (Å²) in [6.07, 6.45) is 0.0635. The lowest BCUT2D eigenvalue weighted by Crippen LogP contribution is -2.53. The predicted molar refractivity (Wildman–Crippen MR) is 95.9 cm³/mol. The Labute approximate surface area is 152 Å². The van der Waals surface area contributed by atoms with Gasteiger partial charge in [-0.1, -0.05) is 0 Å². The van der Waals surface area contributed by atoms with Gasteiger partial charge in [0.25, 0.3) is 0 Å². The third-order valence-electron chi connectivity index (χ3n) is 3.85. The van der Waals surface area contributed by atoms with E-state index in [0.29, 0.717) is 50.7 Å². The number of aliphatic imine (C=N–C) groups is 1. The van der Waals surface area contributed by atoms with E-state index in [-0.39, 0.29) is 6.09 Å². The first-order valence-corrected chi connectivity index (χ1v) is 8.62. The van der Waals surface area contributed by atoms with Crippen LogP contribution < -0.4 is 5.73 Å². The first-order valence-electron chi connectivity index (χ1n) is 8.62. The lowest BCUT2D eigenvalue weighted by molar-refractivity contribution is 0.0186. The number of rotatable bonds is 3. The van der Waals surface area contributed by atoms with Crippen LogP contribution in [-0.2, 0) is 11.2 Å². The molecule has 0 aromatic heterocycles. The molecule has 1 aliphatic rings. The largest absolute Gasteiger partial charge is 0.444 e. The number of amides is 1. The molecule has 1 fully saturated rings. The Morgan fingerprint density at radius 2 is 1.65 bits per heavy atom. The summed E-state index contributed by atoms with van der Waals surface area (Å²) in [4.78, 5) is 19.8. The summed E-state index contributed by atoms with van der Waals surface area (Å²) in [6, 6.07) is 3.41. The van der Waals surface area contributed by atoms with E-state index in [0.717, 1.165) is 6.07 Å². The van der Waals surface area contributed by atoms with Crippen LogP contribution in [-0.4, -0.2) is 60.2 Å². The highest BCUT2D eigenvalue weighted by molar-refractivity contribution is 5.78. The highest BCUT2D eigenvalue weighted by Crippen LogP contribution is 2.12. The molecule has 0 radical (unpaired) electrons. The molecule has 6 nitrogen and oxygen atoms in total. The Morgan fingerprint density at radius 3 is 2.19 bits per heavy atom. The molecule has 0 unspecified atom stereocenters. The van der Waals surface area contributed by atoms with Crippen molar-refractivity contribution < 1.29 is 18.3 Å². The smallest absolute Gasteiger partial charge is 0.410 e. The third-order valence-corrected chi connectivity index (χ3v) is 3.85. The summed E-state index contributed by atoms with van der Waals surface area (Å²) < 4.78 is 31.7. The van der Waals surface area contributed by atoms with Crippen LogP contribution in [0.25, 0.3) is 0 Å². The van der Waals surface area contributed by atoms with Gasteiger partial charge >= 0.3 is 6.09 Å². The maximum Gasteiger partial charge on any atom is 0.410 e. The minimum absolute atomic E-state index is 0.333. The molecule has 1 aliphatic heterocycles. The average molecular weight is 368 g/mol. The van der Waals surface area contributed by atoms with E-state index in [1.54, 1.807) is 4.90 Å². The van der Waals surface area contributed by atoms with Crippen LogP contribution in [0.2, 0.25) is 0 Å². The van der Waals surface area contributed by atoms with Crippen molar-refractivity contribution in [3.63, 3.8) is 0 Å². The van der Waals surface area contributed by atoms with E-state index in [9.17, 15) is 13.6 Å². The fourth-order valence-corrected chi connectivity index (χ4v) is 2.60. The molecule has 8 heteroatoms. The molecule has 1 saturated heterocycles. The first kappa shape index (κ1) is 19.9. The monoisotopic (exact) mass is 368 g/mol. The maximum atomic E-state index is 13.2. The fraction of sp³-hybridized carbons (Fsp3) is 0.556. The summed E-state index contributed by atoms with van der Waals surface area (Å²) >= 11 is 0. The quantitative estimate of drug-likeness (QED) is 0.657. The van der Waals surface area contributed by atoms with Crippen molar-refractivity contribution in [3.05, 3.63) is 35.4 Å². The lowest BCUT2D eigenvalue weighted by atomic mass is 10.1. The second-order valence-electron chi connectivity index (χ2n) is 7.22. The number of halogens is 2. The Hall–Kier alpha value is -2.38. The number of ether oxygens (including phenoxy) is 1. The molecule has 1 amide bonds. The molecule has 0 atom stereocenters. The summed E-state index contributed by atoms with van der Waals surface area (Å²) in [5.41, 5.74) is 6.00. The molecular formula is C18H26F2N4O2. The molecule has 0 spiro atoms. The van der Waals surface area contributed by atoms with E-state index in [2.05, 4.69) is 4.99 Å². The van der Waals surface area contributed by atoms with Crippen molar-refractivity contribution >= 4 is 12.1 Å². The lowest BCUT2D eigenvalue weighted by Gasteiger charge is -2.36. The number of carbonyl (C=O) groups is 1. The third kappa shape index (κ3) is 6.16. The summed E-state index contributed by atoms with van der Waals surface area (Å²) in [5.74, 6) is -0.837. The van der Waals surface area contributed by atoms with Gasteiger partial charge < -0.3 is 20.3 Å². The van der Waals surface area contributed by atoms with Crippen LogP contribution in [0.5, 0.6) is 0 Å². The zero-order valence-corrected chi connectivity index (χ0v) is 15.5. The van der Waals surface area contributed by atoms with E-state index in [4.69, 9.17) is 10.5 Å². The van der Waals surface area contributed by atoms with E-state index < -0.39 is 17.2 Å². The number of piperazine rings is 1. The highest BCUT2D eigenvalue weighted by atomic mass is 19.1. The molecule has 1 heterocycles. The Bertz CT molecular complexity index is 645. The van der Waals surface area contributed by atoms with E-state index >= 15 is 0 Å². The van der Waals surface area contributed by atoms with Crippen LogP contribution in [0.3, 0.4) is 0 Å². The zero-order chi connectivity index (χ0) is 19.3. The van der Waals surface area contributed by atoms with Crippen molar-refractivity contribution in [2.75, 3.05) is 32.7 Å². The number of guanidine groups is 1. The average Bonchev–Trinajstić information content (AvgIpc) is 2.52. The summed E-state index contributed by atoms with van der Waals surface area (Å²) in [7, 11) is 0. The van der Waals surface area contributed by atoms with Crippen molar-refractivity contribution in [1.29, 1.82) is 0 Å². The van der Waals surface area contributed by atoms with Gasteiger partial charge in [0.15, 0.2) is 5.96 Å². The van der Waals surface area contributed by atoms with Crippen molar-refractivity contribution in [2.45, 2.75) is 32.8 Å². The summed E-state index contributed by atoms with van der Waals surface area (Å²) in [5, 5.41) is 0. The molecule has 144 valence electrons. The van der Waals surface area contributed by atoms with E-state index in [1.807, 2.05) is 25.7 Å². The second kappa shape index (κ2) is 8.33. The molecule has 1 aromatic rings. The van der Waals surface area contributed by atoms with E-state index in [1.165, 1.54) is 12.1 Å². The number of nitrogens with two attached hydrogens (primary N) is 1. The second-order valence-corrected chi connectivity index (χ2v) is 7.22. The van der Waals surface area contributed by atoms with Crippen LogP contribution >= 0.6 is 0 Å². The molecule has 1 aromatic carbocycles. The van der Waals surface area contributed by atoms with Gasteiger partial charge in [0.1, 0.15) is 17.2 Å². The van der Waals surface area contributed by atoms with Crippen molar-refractivity contribution in [3.8, 4) is 0 Å². The van der Waals surface area contributed by atoms with Gasteiger partial charge in [0.2, 0.25) is 0 Å². The minimum Gasteiger partial charge on any atom is -0.444 e. The van der Waals surface area contributed by atoms with Crippen molar-refractivity contribution in [1.82, 2.24) is 9.80 Å². The van der Waals surface area contributed by atoms with Crippen LogP contribution in [0.15, 0.2) is 23.2 Å². The normalized spacial score (nSPS) is 16.0. The number of hydrogen-bond acceptors (Lipinski definition) is 3. The van der Waals surface area contributed by atoms with Gasteiger partial charge in [-0.25, -0.2) is 13.6 Å². The molecule has 26 heavy (non-hydrogen) atoms. The highest BCUT2D eigenvalue weighted by Gasteiger charge is 2.26. The molecular weight excluding hydrogens is 342 g/mol. The topological polar surface area (TPSA) is 71.2 Å². The SMILES string of the molecule is CC(C)(C)OC(=O)N1CCN(C(N)=NCCc2cc(F)cc(F)c2)CC1. The standard InChI is InChI=1S/C18H26F2N4O2/c1-18(2,3)26-17(25)24-8-6-23(7-9-24)16(21)22-5-4-13-10-14(19)12-15(20)11-13/h10-12H,4-9H2,1-3H3,(H2,21,22). The number of nitrogens with zero attached hydrogens (tertiary/aromatic N) is 3. The van der Waals surface area contributed by atoms with Gasteiger partial charge in [-0.3, -0.25) is 4.99 Å². The predicted octanol–water partition coefficient (Wildman–Crippen LogP) is 2.37. The van der Waals surface area contributed by atoms with Crippen LogP contribution in [0.4, 0.5) is 13.6 Å². The van der Waals surface area contributed by atoms with Crippen LogP contribution in [0.1, 0.15) is 26.3 Å². The van der Waals surface area contributed by atoms with Crippen LogP contribution in [0, 0.1) is 11.6 Å². The number of carbonyl (C=O) groups excluding carboxylic acids is 1. The van der Waals surface area contributed by atoms with Gasteiger partial charge in [-0.15, -0.1) is 0 Å². The minimum atomic E-state index is -0.602. The Kier molecular flexibility index (Phi) is 6.39. The molecule has 0 saturated carbocycles. The van der Waals surface area contributed by atoms with Crippen molar-refractivity contribution in [2.24, 2.45) is 10.7 Å². The maximum absolute atomic E-state index is 13.2. The van der Waals surface area contributed by atoms with Gasteiger partial charge in [-0.05, 0) is 44.9 Å². The first-order chi connectivity index (χ1) is 12.1. The zero-order valence-electron chi connectivity index (χ0n) is 15.5. The molecule has 0 aliphatic carbocycles. The van der Waals surface area contributed by atoms with Gasteiger partial charge in [0, 0.05) is 38.8 Å². The fourth-order valence-electron chi connectivity index (χ4n) is 2.60. The van der Waals surface area contributed by atoms with Gasteiger partial charge in [-0.2, -0.15) is 0 Å². The number of benzene rings is 1.